The van der Waals surface area contributed by atoms with Crippen molar-refractivity contribution in [2.45, 2.75) is 13.5 Å². The van der Waals surface area contributed by atoms with E-state index in [4.69, 9.17) is 11.6 Å². The van der Waals surface area contributed by atoms with Crippen LogP contribution in [0, 0.1) is 6.92 Å². The third-order valence-corrected chi connectivity index (χ3v) is 2.98. The Bertz CT molecular complexity index is 578. The summed E-state index contributed by atoms with van der Waals surface area (Å²) < 4.78 is 0. The normalized spacial score (nSPS) is 11.0. The smallest absolute Gasteiger partial charge is 0.124 e. The fourth-order valence-corrected chi connectivity index (χ4v) is 1.84. The van der Waals surface area contributed by atoms with Crippen LogP contribution in [0.2, 0.25) is 5.02 Å². The molecule has 18 heavy (non-hydrogen) atoms. The second-order valence-electron chi connectivity index (χ2n) is 4.10. The zero-order chi connectivity index (χ0) is 13.0. The topological polar surface area (TPSA) is 32.6 Å². The summed E-state index contributed by atoms with van der Waals surface area (Å²) >= 11 is 5.87. The number of aryl methyl sites for hydroxylation is 1. The van der Waals surface area contributed by atoms with E-state index in [9.17, 15) is 5.11 Å². The number of hydrogen-bond acceptors (Lipinski definition) is 2. The minimum atomic E-state index is 0.188. The van der Waals surface area contributed by atoms with Gasteiger partial charge in [0.2, 0.25) is 0 Å². The molecule has 0 unspecified atom stereocenters. The maximum atomic E-state index is 9.64. The van der Waals surface area contributed by atoms with Gasteiger partial charge in [-0.1, -0.05) is 35.9 Å². The van der Waals surface area contributed by atoms with Gasteiger partial charge >= 0.3 is 0 Å². The quantitative estimate of drug-likeness (QED) is 0.831. The second-order valence-corrected chi connectivity index (χ2v) is 4.54. The van der Waals surface area contributed by atoms with Crippen molar-refractivity contribution in [3.8, 4) is 5.75 Å². The van der Waals surface area contributed by atoms with E-state index in [1.165, 1.54) is 11.1 Å². The summed E-state index contributed by atoms with van der Waals surface area (Å²) in [6, 6.07) is 13.0. The zero-order valence-electron chi connectivity index (χ0n) is 10.1. The van der Waals surface area contributed by atoms with E-state index in [0.717, 1.165) is 0 Å². The predicted molar refractivity (Wildman–Crippen MR) is 75.6 cm³/mol. The highest BCUT2D eigenvalue weighted by molar-refractivity contribution is 6.30. The van der Waals surface area contributed by atoms with E-state index < -0.39 is 0 Å². The lowest BCUT2D eigenvalue weighted by Crippen LogP contribution is -1.88. The molecule has 0 saturated heterocycles. The molecule has 92 valence electrons. The molecule has 0 aliphatic rings. The van der Waals surface area contributed by atoms with Crippen molar-refractivity contribution in [1.29, 1.82) is 0 Å². The van der Waals surface area contributed by atoms with E-state index in [1.54, 1.807) is 24.4 Å². The van der Waals surface area contributed by atoms with Crippen molar-refractivity contribution >= 4 is 17.8 Å². The average Bonchev–Trinajstić information content (AvgIpc) is 2.36. The van der Waals surface area contributed by atoms with Gasteiger partial charge in [-0.3, -0.25) is 4.99 Å². The standard InChI is InChI=1S/C15H14ClNO/c1-11-4-2-3-5-12(11)9-17-10-13-8-14(16)6-7-15(13)18/h2-8,10,18H,9H2,1H3. The summed E-state index contributed by atoms with van der Waals surface area (Å²) in [6.07, 6.45) is 1.65. The number of halogens is 1. The van der Waals surface area contributed by atoms with Gasteiger partial charge in [-0.2, -0.15) is 0 Å². The Morgan fingerprint density at radius 1 is 1.22 bits per heavy atom. The molecule has 0 atom stereocenters. The zero-order valence-corrected chi connectivity index (χ0v) is 10.9. The molecule has 0 radical (unpaired) electrons. The Kier molecular flexibility index (Phi) is 4.00. The monoisotopic (exact) mass is 259 g/mol. The summed E-state index contributed by atoms with van der Waals surface area (Å²) in [5.74, 6) is 0.188. The molecule has 2 aromatic rings. The van der Waals surface area contributed by atoms with E-state index in [-0.39, 0.29) is 5.75 Å². The first kappa shape index (κ1) is 12.7. The highest BCUT2D eigenvalue weighted by Crippen LogP contribution is 2.19. The molecule has 0 amide bonds. The predicted octanol–water partition coefficient (Wildman–Crippen LogP) is 3.97. The molecular weight excluding hydrogens is 246 g/mol. The van der Waals surface area contributed by atoms with Gasteiger partial charge < -0.3 is 5.11 Å². The van der Waals surface area contributed by atoms with Gasteiger partial charge in [0, 0.05) is 16.8 Å². The molecule has 0 aliphatic carbocycles. The molecule has 3 heteroatoms. The average molecular weight is 260 g/mol. The van der Waals surface area contributed by atoms with Gasteiger partial charge in [0.15, 0.2) is 0 Å². The van der Waals surface area contributed by atoms with E-state index in [1.807, 2.05) is 18.2 Å². The molecular formula is C15H14ClNO. The number of hydrogen-bond donors (Lipinski definition) is 1. The van der Waals surface area contributed by atoms with Crippen LogP contribution in [-0.2, 0) is 6.54 Å². The van der Waals surface area contributed by atoms with Gasteiger partial charge in [-0.15, -0.1) is 0 Å². The van der Waals surface area contributed by atoms with Gasteiger partial charge in [0.25, 0.3) is 0 Å². The van der Waals surface area contributed by atoms with Crippen LogP contribution in [0.3, 0.4) is 0 Å². The SMILES string of the molecule is Cc1ccccc1CN=Cc1cc(Cl)ccc1O. The molecule has 0 spiro atoms. The first-order valence-electron chi connectivity index (χ1n) is 5.69. The van der Waals surface area contributed by atoms with Crippen LogP contribution < -0.4 is 0 Å². The van der Waals surface area contributed by atoms with Gasteiger partial charge in [-0.05, 0) is 36.2 Å². The Hall–Kier alpha value is -1.80. The fourth-order valence-electron chi connectivity index (χ4n) is 1.66. The molecule has 2 aromatic carbocycles. The largest absolute Gasteiger partial charge is 0.507 e. The molecule has 0 saturated carbocycles. The second kappa shape index (κ2) is 5.69. The van der Waals surface area contributed by atoms with Crippen molar-refractivity contribution in [3.63, 3.8) is 0 Å². The number of nitrogens with zero attached hydrogens (tertiary/aromatic N) is 1. The summed E-state index contributed by atoms with van der Waals surface area (Å²) in [5, 5.41) is 10.2. The highest BCUT2D eigenvalue weighted by Gasteiger charge is 1.99. The van der Waals surface area contributed by atoms with E-state index >= 15 is 0 Å². The minimum absolute atomic E-state index is 0.188. The summed E-state index contributed by atoms with van der Waals surface area (Å²) in [6.45, 7) is 2.65. The molecule has 0 heterocycles. The van der Waals surface area contributed by atoms with Crippen LogP contribution >= 0.6 is 11.6 Å². The number of phenols is 1. The number of phenolic OH excluding ortho intramolecular Hbond substituents is 1. The molecule has 0 aromatic heterocycles. The van der Waals surface area contributed by atoms with Gasteiger partial charge in [-0.25, -0.2) is 0 Å². The first-order valence-corrected chi connectivity index (χ1v) is 6.07. The van der Waals surface area contributed by atoms with Crippen molar-refractivity contribution in [3.05, 3.63) is 64.2 Å². The molecule has 0 aliphatic heterocycles. The maximum Gasteiger partial charge on any atom is 0.124 e. The summed E-state index contributed by atoms with van der Waals surface area (Å²) in [4.78, 5) is 4.33. The van der Waals surface area contributed by atoms with Gasteiger partial charge in [0.05, 0.1) is 6.54 Å². The summed E-state index contributed by atoms with van der Waals surface area (Å²) in [5.41, 5.74) is 3.02. The van der Waals surface area contributed by atoms with Crippen LogP contribution in [0.1, 0.15) is 16.7 Å². The van der Waals surface area contributed by atoms with Crippen molar-refractivity contribution in [2.75, 3.05) is 0 Å². The lowest BCUT2D eigenvalue weighted by Gasteiger charge is -2.02. The Morgan fingerprint density at radius 3 is 2.78 bits per heavy atom. The third kappa shape index (κ3) is 3.11. The lowest BCUT2D eigenvalue weighted by molar-refractivity contribution is 0.474. The number of aromatic hydroxyl groups is 1. The Balaban J connectivity index is 2.12. The van der Waals surface area contributed by atoms with Crippen LogP contribution in [-0.4, -0.2) is 11.3 Å². The Labute approximate surface area is 112 Å². The fraction of sp³-hybridized carbons (Fsp3) is 0.133. The molecule has 1 N–H and O–H groups in total. The Morgan fingerprint density at radius 2 is 2.00 bits per heavy atom. The third-order valence-electron chi connectivity index (χ3n) is 2.74. The van der Waals surface area contributed by atoms with E-state index in [2.05, 4.69) is 18.0 Å². The first-order chi connectivity index (χ1) is 8.66. The maximum absolute atomic E-state index is 9.64. The molecule has 2 nitrogen and oxygen atoms in total. The van der Waals surface area contributed by atoms with E-state index in [0.29, 0.717) is 17.1 Å². The number of aliphatic imine (C=N–C) groups is 1. The van der Waals surface area contributed by atoms with Crippen molar-refractivity contribution < 1.29 is 5.11 Å². The van der Waals surface area contributed by atoms with Crippen LogP contribution in [0.15, 0.2) is 47.5 Å². The summed E-state index contributed by atoms with van der Waals surface area (Å²) in [7, 11) is 0. The lowest BCUT2D eigenvalue weighted by atomic mass is 10.1. The van der Waals surface area contributed by atoms with Gasteiger partial charge in [0.1, 0.15) is 5.75 Å². The minimum Gasteiger partial charge on any atom is -0.507 e. The van der Waals surface area contributed by atoms with Crippen LogP contribution in [0.25, 0.3) is 0 Å². The van der Waals surface area contributed by atoms with Crippen molar-refractivity contribution in [2.24, 2.45) is 4.99 Å². The van der Waals surface area contributed by atoms with Crippen LogP contribution in [0.4, 0.5) is 0 Å². The van der Waals surface area contributed by atoms with Crippen molar-refractivity contribution in [1.82, 2.24) is 0 Å². The number of rotatable bonds is 3. The molecule has 0 bridgehead atoms. The number of benzene rings is 2. The highest BCUT2D eigenvalue weighted by atomic mass is 35.5. The molecule has 0 fully saturated rings. The molecule has 2 rings (SSSR count). The van der Waals surface area contributed by atoms with Crippen LogP contribution in [0.5, 0.6) is 5.75 Å².